The van der Waals surface area contributed by atoms with Crippen molar-refractivity contribution >= 4 is 29.0 Å². The number of aromatic nitrogens is 2. The van der Waals surface area contributed by atoms with Crippen LogP contribution in [0.3, 0.4) is 0 Å². The Kier molecular flexibility index (Phi) is 6.26. The molecule has 0 atom stereocenters. The number of fused-ring (bicyclic) bond motifs is 1. The van der Waals surface area contributed by atoms with Crippen molar-refractivity contribution in [1.82, 2.24) is 14.5 Å². The highest BCUT2D eigenvalue weighted by Gasteiger charge is 2.41. The SMILES string of the molecule is CC1(C)c2nc(-c3ccc(F)c(F)c3)c(Nc3cc(C(F)(F)F)ccc3Cl)n2CCN1C(=O)CN. The van der Waals surface area contributed by atoms with Crippen LogP contribution in [0.4, 0.5) is 33.5 Å². The van der Waals surface area contributed by atoms with Crippen molar-refractivity contribution in [2.24, 2.45) is 5.73 Å². The average Bonchev–Trinajstić information content (AvgIpc) is 3.15. The smallest absolute Gasteiger partial charge is 0.339 e. The zero-order chi connectivity index (χ0) is 25.7. The van der Waals surface area contributed by atoms with E-state index in [0.717, 1.165) is 30.3 Å². The molecule has 0 aliphatic carbocycles. The van der Waals surface area contributed by atoms with Gasteiger partial charge in [0.1, 0.15) is 17.3 Å². The summed E-state index contributed by atoms with van der Waals surface area (Å²) in [7, 11) is 0. The van der Waals surface area contributed by atoms with E-state index >= 15 is 0 Å². The van der Waals surface area contributed by atoms with Crippen LogP contribution in [0.2, 0.25) is 5.02 Å². The average molecular weight is 514 g/mol. The standard InChI is InChI=1S/C23H21ClF5N5O/c1-22(2)21-32-19(12-3-6-15(25)16(26)9-12)20(33(21)7-8-34(22)18(35)11-30)31-17-10-13(23(27,28)29)4-5-14(17)24/h3-6,9-10,31H,7-8,11,30H2,1-2H3. The number of rotatable bonds is 4. The molecule has 1 aliphatic heterocycles. The maximum atomic E-state index is 14.1. The highest BCUT2D eigenvalue weighted by Crippen LogP contribution is 2.41. The second kappa shape index (κ2) is 8.80. The molecule has 0 saturated heterocycles. The predicted molar refractivity (Wildman–Crippen MR) is 121 cm³/mol. The monoisotopic (exact) mass is 513 g/mol. The van der Waals surface area contributed by atoms with Crippen molar-refractivity contribution in [1.29, 1.82) is 0 Å². The van der Waals surface area contributed by atoms with Gasteiger partial charge in [-0.1, -0.05) is 11.6 Å². The van der Waals surface area contributed by atoms with E-state index in [1.807, 2.05) is 0 Å². The molecule has 6 nitrogen and oxygen atoms in total. The van der Waals surface area contributed by atoms with Gasteiger partial charge in [0.2, 0.25) is 5.91 Å². The number of hydrogen-bond donors (Lipinski definition) is 2. The Bertz CT molecular complexity index is 1300. The highest BCUT2D eigenvalue weighted by molar-refractivity contribution is 6.33. The number of anilines is 2. The van der Waals surface area contributed by atoms with Gasteiger partial charge in [0.25, 0.3) is 0 Å². The Labute approximate surface area is 202 Å². The third kappa shape index (κ3) is 4.45. The first-order valence-corrected chi connectivity index (χ1v) is 10.9. The van der Waals surface area contributed by atoms with Gasteiger partial charge in [-0.3, -0.25) is 4.79 Å². The second-order valence-electron chi connectivity index (χ2n) is 8.54. The minimum absolute atomic E-state index is 0.0137. The number of benzene rings is 2. The van der Waals surface area contributed by atoms with Gasteiger partial charge < -0.3 is 20.5 Å². The number of amides is 1. The number of alkyl halides is 3. The first-order chi connectivity index (χ1) is 16.3. The molecule has 2 heterocycles. The largest absolute Gasteiger partial charge is 0.416 e. The van der Waals surface area contributed by atoms with Gasteiger partial charge in [-0.05, 0) is 50.2 Å². The van der Waals surface area contributed by atoms with Crippen LogP contribution >= 0.6 is 11.6 Å². The summed E-state index contributed by atoms with van der Waals surface area (Å²) in [6.07, 6.45) is -4.61. The van der Waals surface area contributed by atoms with Crippen LogP contribution < -0.4 is 11.1 Å². The van der Waals surface area contributed by atoms with E-state index in [1.165, 1.54) is 6.07 Å². The summed E-state index contributed by atoms with van der Waals surface area (Å²) >= 11 is 6.19. The van der Waals surface area contributed by atoms with E-state index < -0.39 is 28.9 Å². The molecule has 12 heteroatoms. The fourth-order valence-electron chi connectivity index (χ4n) is 4.18. The fraction of sp³-hybridized carbons (Fsp3) is 0.304. The Morgan fingerprint density at radius 2 is 1.86 bits per heavy atom. The summed E-state index contributed by atoms with van der Waals surface area (Å²) in [6.45, 7) is 3.74. The molecule has 0 fully saturated rings. The van der Waals surface area contributed by atoms with Gasteiger partial charge in [0, 0.05) is 18.7 Å². The van der Waals surface area contributed by atoms with Crippen molar-refractivity contribution in [3.05, 3.63) is 64.4 Å². The van der Waals surface area contributed by atoms with Gasteiger partial charge in [0.05, 0.1) is 28.4 Å². The van der Waals surface area contributed by atoms with Crippen LogP contribution in [0.25, 0.3) is 11.3 Å². The van der Waals surface area contributed by atoms with Crippen molar-refractivity contribution < 1.29 is 26.7 Å². The quantitative estimate of drug-likeness (QED) is 0.465. The van der Waals surface area contributed by atoms with Gasteiger partial charge in [0.15, 0.2) is 11.6 Å². The van der Waals surface area contributed by atoms with Gasteiger partial charge >= 0.3 is 6.18 Å². The Morgan fingerprint density at radius 1 is 1.14 bits per heavy atom. The Balaban J connectivity index is 1.91. The molecule has 0 bridgehead atoms. The van der Waals surface area contributed by atoms with Crippen molar-refractivity contribution in [2.75, 3.05) is 18.4 Å². The third-order valence-corrected chi connectivity index (χ3v) is 6.28. The predicted octanol–water partition coefficient (Wildman–Crippen LogP) is 5.28. The second-order valence-corrected chi connectivity index (χ2v) is 8.95. The number of carbonyl (C=O) groups excluding carboxylic acids is 1. The van der Waals surface area contributed by atoms with E-state index in [-0.39, 0.29) is 53.3 Å². The maximum Gasteiger partial charge on any atom is 0.416 e. The normalized spacial score (nSPS) is 15.2. The number of carbonyl (C=O) groups is 1. The van der Waals surface area contributed by atoms with Crippen LogP contribution in [0.15, 0.2) is 36.4 Å². The zero-order valence-corrected chi connectivity index (χ0v) is 19.4. The minimum atomic E-state index is -4.61. The molecular formula is C23H21ClF5N5O. The zero-order valence-electron chi connectivity index (χ0n) is 18.7. The molecule has 1 amide bonds. The number of hydrogen-bond acceptors (Lipinski definition) is 4. The number of halogens is 6. The van der Waals surface area contributed by atoms with Crippen LogP contribution in [0.5, 0.6) is 0 Å². The molecule has 2 aromatic carbocycles. The van der Waals surface area contributed by atoms with Crippen molar-refractivity contribution in [2.45, 2.75) is 32.1 Å². The lowest BCUT2D eigenvalue weighted by Crippen LogP contribution is -2.53. The van der Waals surface area contributed by atoms with E-state index in [2.05, 4.69) is 10.3 Å². The molecule has 35 heavy (non-hydrogen) atoms. The molecule has 0 spiro atoms. The fourth-order valence-corrected chi connectivity index (χ4v) is 4.35. The molecule has 1 aliphatic rings. The summed E-state index contributed by atoms with van der Waals surface area (Å²) in [5.41, 5.74) is 3.97. The summed E-state index contributed by atoms with van der Waals surface area (Å²) in [5, 5.41) is 2.93. The maximum absolute atomic E-state index is 14.1. The molecule has 3 N–H and O–H groups in total. The molecule has 3 aromatic rings. The lowest BCUT2D eigenvalue weighted by molar-refractivity contribution is -0.138. The molecule has 0 saturated carbocycles. The highest BCUT2D eigenvalue weighted by atomic mass is 35.5. The molecule has 186 valence electrons. The summed E-state index contributed by atoms with van der Waals surface area (Å²) < 4.78 is 69.3. The number of nitrogens with zero attached hydrogens (tertiary/aromatic N) is 3. The van der Waals surface area contributed by atoms with E-state index in [4.69, 9.17) is 17.3 Å². The van der Waals surface area contributed by atoms with Crippen LogP contribution in [0, 0.1) is 11.6 Å². The Hall–Kier alpha value is -3.18. The topological polar surface area (TPSA) is 76.2 Å². The number of nitrogens with one attached hydrogen (secondary N) is 1. The van der Waals surface area contributed by atoms with Crippen molar-refractivity contribution in [3.8, 4) is 11.3 Å². The number of imidazole rings is 1. The van der Waals surface area contributed by atoms with E-state index in [0.29, 0.717) is 5.82 Å². The summed E-state index contributed by atoms with van der Waals surface area (Å²) in [4.78, 5) is 18.6. The van der Waals surface area contributed by atoms with Gasteiger partial charge in [-0.2, -0.15) is 13.2 Å². The van der Waals surface area contributed by atoms with Gasteiger partial charge in [-0.15, -0.1) is 0 Å². The van der Waals surface area contributed by atoms with Crippen LogP contribution in [-0.4, -0.2) is 33.4 Å². The molecular weight excluding hydrogens is 493 g/mol. The van der Waals surface area contributed by atoms with E-state index in [1.54, 1.807) is 23.3 Å². The molecule has 0 radical (unpaired) electrons. The summed E-state index contributed by atoms with van der Waals surface area (Å²) in [6, 6.07) is 6.01. The minimum Gasteiger partial charge on any atom is -0.339 e. The van der Waals surface area contributed by atoms with E-state index in [9.17, 15) is 26.7 Å². The first kappa shape index (κ1) is 24.9. The third-order valence-electron chi connectivity index (χ3n) is 5.95. The number of nitrogens with two attached hydrogens (primary N) is 1. The molecule has 0 unspecified atom stereocenters. The lowest BCUT2D eigenvalue weighted by Gasteiger charge is -2.42. The van der Waals surface area contributed by atoms with Crippen LogP contribution in [0.1, 0.15) is 25.2 Å². The lowest BCUT2D eigenvalue weighted by atomic mass is 9.99. The van der Waals surface area contributed by atoms with Gasteiger partial charge in [-0.25, -0.2) is 13.8 Å². The molecule has 1 aromatic heterocycles. The Morgan fingerprint density at radius 3 is 2.49 bits per heavy atom. The van der Waals surface area contributed by atoms with Crippen LogP contribution in [-0.2, 0) is 23.1 Å². The summed E-state index contributed by atoms with van der Waals surface area (Å²) in [5.74, 6) is -1.88. The first-order valence-electron chi connectivity index (χ1n) is 10.5. The van der Waals surface area contributed by atoms with Crippen molar-refractivity contribution in [3.63, 3.8) is 0 Å². The molecule has 4 rings (SSSR count).